The number of anilines is 2. The summed E-state index contributed by atoms with van der Waals surface area (Å²) in [6, 6.07) is 6.72. The van der Waals surface area contributed by atoms with Gasteiger partial charge in [0.1, 0.15) is 5.75 Å². The molecule has 2 aromatic rings. The molecule has 26 heavy (non-hydrogen) atoms. The first kappa shape index (κ1) is 18.3. The normalized spacial score (nSPS) is 13.6. The third-order valence-corrected chi connectivity index (χ3v) is 4.23. The Morgan fingerprint density at radius 1 is 1.27 bits per heavy atom. The first-order valence-electron chi connectivity index (χ1n) is 8.42. The maximum absolute atomic E-state index is 12.2. The summed E-state index contributed by atoms with van der Waals surface area (Å²) >= 11 is 5.97. The van der Waals surface area contributed by atoms with E-state index in [2.05, 4.69) is 20.2 Å². The Kier molecular flexibility index (Phi) is 5.78. The van der Waals surface area contributed by atoms with Gasteiger partial charge in [0, 0.05) is 29.9 Å². The molecule has 0 bridgehead atoms. The van der Waals surface area contributed by atoms with Gasteiger partial charge >= 0.3 is 0 Å². The first-order valence-corrected chi connectivity index (χ1v) is 8.80. The fraction of sp³-hybridized carbons (Fsp3) is 0.389. The van der Waals surface area contributed by atoms with Crippen molar-refractivity contribution >= 4 is 29.1 Å². The predicted octanol–water partition coefficient (Wildman–Crippen LogP) is 3.06. The van der Waals surface area contributed by atoms with Crippen LogP contribution in [-0.4, -0.2) is 42.7 Å². The van der Waals surface area contributed by atoms with Crippen molar-refractivity contribution in [1.29, 1.82) is 0 Å². The number of carbonyl (C=O) groups is 1. The number of benzene rings is 1. The first-order chi connectivity index (χ1) is 12.5. The number of hydrogen-bond donors (Lipinski definition) is 1. The molecule has 0 atom stereocenters. The average molecular weight is 377 g/mol. The van der Waals surface area contributed by atoms with Gasteiger partial charge < -0.3 is 19.7 Å². The highest BCUT2D eigenvalue weighted by Crippen LogP contribution is 2.27. The Hall–Kier alpha value is -2.54. The topological polar surface area (TPSA) is 76.6 Å². The van der Waals surface area contributed by atoms with Crippen molar-refractivity contribution in [2.24, 2.45) is 0 Å². The van der Waals surface area contributed by atoms with E-state index in [4.69, 9.17) is 21.1 Å². The standard InChI is InChI=1S/C18H21ClN4O3/c1-12-9-17(22-18(20-12)23-7-3-4-8-23)26-11-16(24)21-14-10-13(19)5-6-15(14)25-2/h5-6,9-10H,3-4,7-8,11H2,1-2H3,(H,21,24). The molecule has 1 aliphatic heterocycles. The van der Waals surface area contributed by atoms with Crippen molar-refractivity contribution in [1.82, 2.24) is 9.97 Å². The van der Waals surface area contributed by atoms with Gasteiger partial charge in [-0.2, -0.15) is 4.98 Å². The maximum Gasteiger partial charge on any atom is 0.262 e. The zero-order chi connectivity index (χ0) is 18.5. The smallest absolute Gasteiger partial charge is 0.262 e. The minimum Gasteiger partial charge on any atom is -0.495 e. The summed E-state index contributed by atoms with van der Waals surface area (Å²) in [7, 11) is 1.53. The quantitative estimate of drug-likeness (QED) is 0.835. The lowest BCUT2D eigenvalue weighted by atomic mass is 10.3. The molecule has 1 saturated heterocycles. The van der Waals surface area contributed by atoms with Crippen LogP contribution in [0.25, 0.3) is 0 Å². The fourth-order valence-corrected chi connectivity index (χ4v) is 2.93. The number of amides is 1. The fourth-order valence-electron chi connectivity index (χ4n) is 2.76. The minimum atomic E-state index is -0.329. The van der Waals surface area contributed by atoms with Crippen molar-refractivity contribution in [3.63, 3.8) is 0 Å². The van der Waals surface area contributed by atoms with Gasteiger partial charge in [0.15, 0.2) is 6.61 Å². The largest absolute Gasteiger partial charge is 0.495 e. The second-order valence-electron chi connectivity index (χ2n) is 6.02. The number of nitrogens with zero attached hydrogens (tertiary/aromatic N) is 3. The molecular formula is C18H21ClN4O3. The monoisotopic (exact) mass is 376 g/mol. The highest BCUT2D eigenvalue weighted by molar-refractivity contribution is 6.31. The zero-order valence-electron chi connectivity index (χ0n) is 14.8. The van der Waals surface area contributed by atoms with Gasteiger partial charge in [-0.1, -0.05) is 11.6 Å². The second-order valence-corrected chi connectivity index (χ2v) is 6.46. The molecule has 138 valence electrons. The minimum absolute atomic E-state index is 0.175. The molecule has 7 nitrogen and oxygen atoms in total. The van der Waals surface area contributed by atoms with Gasteiger partial charge in [-0.05, 0) is 38.0 Å². The molecule has 0 spiro atoms. The number of halogens is 1. The number of carbonyl (C=O) groups excluding carboxylic acids is 1. The Bertz CT molecular complexity index is 794. The van der Waals surface area contributed by atoms with Gasteiger partial charge in [0.25, 0.3) is 5.91 Å². The van der Waals surface area contributed by atoms with Crippen LogP contribution in [0.4, 0.5) is 11.6 Å². The highest BCUT2D eigenvalue weighted by atomic mass is 35.5. The second kappa shape index (κ2) is 8.23. The lowest BCUT2D eigenvalue weighted by Crippen LogP contribution is -2.23. The molecular weight excluding hydrogens is 356 g/mol. The van der Waals surface area contributed by atoms with E-state index in [9.17, 15) is 4.79 Å². The molecule has 1 aromatic heterocycles. The molecule has 1 amide bonds. The van der Waals surface area contributed by atoms with Gasteiger partial charge in [-0.25, -0.2) is 4.98 Å². The Balaban J connectivity index is 1.63. The van der Waals surface area contributed by atoms with Crippen LogP contribution < -0.4 is 19.7 Å². The molecule has 1 fully saturated rings. The van der Waals surface area contributed by atoms with Crippen molar-refractivity contribution in [3.05, 3.63) is 35.0 Å². The van der Waals surface area contributed by atoms with E-state index < -0.39 is 0 Å². The summed E-state index contributed by atoms with van der Waals surface area (Å²) in [6.45, 7) is 3.59. The average Bonchev–Trinajstić information content (AvgIpc) is 3.14. The number of ether oxygens (including phenoxy) is 2. The Morgan fingerprint density at radius 3 is 2.77 bits per heavy atom. The van der Waals surface area contributed by atoms with Gasteiger partial charge in [0.2, 0.25) is 11.8 Å². The number of nitrogens with one attached hydrogen (secondary N) is 1. The third-order valence-electron chi connectivity index (χ3n) is 3.99. The molecule has 1 aromatic carbocycles. The van der Waals surface area contributed by atoms with Gasteiger partial charge in [-0.3, -0.25) is 4.79 Å². The van der Waals surface area contributed by atoms with Gasteiger partial charge in [0.05, 0.1) is 12.8 Å². The third kappa shape index (κ3) is 4.54. The van der Waals surface area contributed by atoms with Crippen LogP contribution in [-0.2, 0) is 4.79 Å². The molecule has 0 unspecified atom stereocenters. The van der Waals surface area contributed by atoms with Crippen LogP contribution in [0, 0.1) is 6.92 Å². The molecule has 2 heterocycles. The number of rotatable bonds is 6. The Morgan fingerprint density at radius 2 is 2.04 bits per heavy atom. The molecule has 0 radical (unpaired) electrons. The van der Waals surface area contributed by atoms with Crippen LogP contribution in [0.5, 0.6) is 11.6 Å². The Labute approximate surface area is 157 Å². The van der Waals surface area contributed by atoms with Crippen molar-refractivity contribution in [2.75, 3.05) is 37.0 Å². The SMILES string of the molecule is COc1ccc(Cl)cc1NC(=O)COc1cc(C)nc(N2CCCC2)n1. The van der Waals surface area contributed by atoms with E-state index in [1.807, 2.05) is 6.92 Å². The highest BCUT2D eigenvalue weighted by Gasteiger charge is 2.17. The molecule has 0 aliphatic carbocycles. The van der Waals surface area contributed by atoms with E-state index in [0.29, 0.717) is 28.3 Å². The van der Waals surface area contributed by atoms with Crippen LogP contribution in [0.1, 0.15) is 18.5 Å². The lowest BCUT2D eigenvalue weighted by molar-refractivity contribution is -0.118. The van der Waals surface area contributed by atoms with E-state index in [1.165, 1.54) is 7.11 Å². The van der Waals surface area contributed by atoms with Crippen molar-refractivity contribution < 1.29 is 14.3 Å². The maximum atomic E-state index is 12.2. The lowest BCUT2D eigenvalue weighted by Gasteiger charge is -2.16. The molecule has 1 N–H and O–H groups in total. The van der Waals surface area contributed by atoms with Crippen LogP contribution in [0.2, 0.25) is 5.02 Å². The van der Waals surface area contributed by atoms with E-state index in [1.54, 1.807) is 24.3 Å². The number of methoxy groups -OCH3 is 1. The molecule has 3 rings (SSSR count). The van der Waals surface area contributed by atoms with Crippen molar-refractivity contribution in [2.45, 2.75) is 19.8 Å². The number of aryl methyl sites for hydroxylation is 1. The predicted molar refractivity (Wildman–Crippen MR) is 100 cm³/mol. The summed E-state index contributed by atoms with van der Waals surface area (Å²) in [5, 5.41) is 3.23. The summed E-state index contributed by atoms with van der Waals surface area (Å²) in [5.74, 6) is 1.23. The summed E-state index contributed by atoms with van der Waals surface area (Å²) in [4.78, 5) is 23.2. The van der Waals surface area contributed by atoms with Crippen LogP contribution in [0.15, 0.2) is 24.3 Å². The molecule has 8 heteroatoms. The zero-order valence-corrected chi connectivity index (χ0v) is 15.5. The van der Waals surface area contributed by atoms with Crippen LogP contribution in [0.3, 0.4) is 0 Å². The van der Waals surface area contributed by atoms with E-state index in [-0.39, 0.29) is 12.5 Å². The summed E-state index contributed by atoms with van der Waals surface area (Å²) in [5.41, 5.74) is 1.29. The molecule has 0 saturated carbocycles. The number of aromatic nitrogens is 2. The van der Waals surface area contributed by atoms with Crippen LogP contribution >= 0.6 is 11.6 Å². The van der Waals surface area contributed by atoms with E-state index in [0.717, 1.165) is 31.6 Å². The summed E-state index contributed by atoms with van der Waals surface area (Å²) in [6.07, 6.45) is 2.27. The van der Waals surface area contributed by atoms with Gasteiger partial charge in [-0.15, -0.1) is 0 Å². The number of hydrogen-bond acceptors (Lipinski definition) is 6. The summed E-state index contributed by atoms with van der Waals surface area (Å²) < 4.78 is 10.8. The van der Waals surface area contributed by atoms with Crippen molar-refractivity contribution in [3.8, 4) is 11.6 Å². The van der Waals surface area contributed by atoms with E-state index >= 15 is 0 Å². The molecule has 1 aliphatic rings.